The van der Waals surface area contributed by atoms with Crippen molar-refractivity contribution in [2.24, 2.45) is 0 Å². The number of rotatable bonds is 7. The third-order valence-corrected chi connectivity index (χ3v) is 4.37. The first-order chi connectivity index (χ1) is 13.4. The maximum atomic E-state index is 12.9. The number of non-ortho nitro benzene ring substituents is 1. The van der Waals surface area contributed by atoms with Crippen LogP contribution in [0.4, 0.5) is 11.4 Å². The Hall–Kier alpha value is -3.52. The lowest BCUT2D eigenvalue weighted by Crippen LogP contribution is -2.35. The first-order valence-electron chi connectivity index (χ1n) is 8.60. The number of methoxy groups -OCH3 is 1. The first-order valence-corrected chi connectivity index (χ1v) is 8.60. The van der Waals surface area contributed by atoms with Gasteiger partial charge in [0.1, 0.15) is 5.70 Å². The van der Waals surface area contributed by atoms with Gasteiger partial charge in [0.2, 0.25) is 0 Å². The molecule has 3 rings (SSSR count). The van der Waals surface area contributed by atoms with Crippen molar-refractivity contribution in [1.82, 2.24) is 4.90 Å². The Kier molecular flexibility index (Phi) is 5.51. The Morgan fingerprint density at radius 1 is 1.04 bits per heavy atom. The number of ether oxygens (including phenoxy) is 1. The Morgan fingerprint density at radius 2 is 1.68 bits per heavy atom. The topological polar surface area (TPSA) is 102 Å². The average Bonchev–Trinajstić information content (AvgIpc) is 2.91. The predicted octanol–water partition coefficient (Wildman–Crippen LogP) is 2.74. The Bertz CT molecular complexity index is 949. The van der Waals surface area contributed by atoms with Gasteiger partial charge < -0.3 is 10.1 Å². The molecule has 2 aromatic carbocycles. The van der Waals surface area contributed by atoms with E-state index in [2.05, 4.69) is 5.32 Å². The molecule has 1 heterocycles. The van der Waals surface area contributed by atoms with Gasteiger partial charge in [0, 0.05) is 24.9 Å². The minimum absolute atomic E-state index is 0.0922. The fourth-order valence-electron chi connectivity index (χ4n) is 2.88. The van der Waals surface area contributed by atoms with Crippen LogP contribution >= 0.6 is 0 Å². The van der Waals surface area contributed by atoms with Crippen LogP contribution in [0.3, 0.4) is 0 Å². The summed E-state index contributed by atoms with van der Waals surface area (Å²) in [5.74, 6) is -0.929. The summed E-state index contributed by atoms with van der Waals surface area (Å²) < 4.78 is 4.99. The first kappa shape index (κ1) is 19.2. The number of carbonyl (C=O) groups is 2. The number of hydrogen-bond donors (Lipinski definition) is 1. The summed E-state index contributed by atoms with van der Waals surface area (Å²) in [6, 6.07) is 12.9. The molecule has 0 fully saturated rings. The van der Waals surface area contributed by atoms with E-state index < -0.39 is 16.7 Å². The molecule has 1 N–H and O–H groups in total. The van der Waals surface area contributed by atoms with Crippen molar-refractivity contribution in [2.75, 3.05) is 25.6 Å². The SMILES string of the molecule is COCCN1C(=O)C(Nc2ccc(C)cc2)=C(c2ccc([N+](=O)[O-])cc2)C1=O. The van der Waals surface area contributed by atoms with E-state index >= 15 is 0 Å². The second kappa shape index (κ2) is 8.01. The van der Waals surface area contributed by atoms with Crippen LogP contribution in [-0.4, -0.2) is 41.9 Å². The van der Waals surface area contributed by atoms with E-state index in [-0.39, 0.29) is 30.1 Å². The number of carbonyl (C=O) groups excluding carboxylic acids is 2. The van der Waals surface area contributed by atoms with Crippen molar-refractivity contribution >= 4 is 28.8 Å². The van der Waals surface area contributed by atoms with Crippen LogP contribution in [0.15, 0.2) is 54.2 Å². The highest BCUT2D eigenvalue weighted by Crippen LogP contribution is 2.31. The third-order valence-electron chi connectivity index (χ3n) is 4.37. The molecule has 0 aromatic heterocycles. The van der Waals surface area contributed by atoms with Gasteiger partial charge in [-0.05, 0) is 36.8 Å². The lowest BCUT2D eigenvalue weighted by Gasteiger charge is -2.14. The number of amides is 2. The zero-order valence-electron chi connectivity index (χ0n) is 15.5. The number of nitro benzene ring substituents is 1. The molecule has 8 heteroatoms. The molecule has 0 saturated carbocycles. The Labute approximate surface area is 161 Å². The van der Waals surface area contributed by atoms with E-state index in [0.717, 1.165) is 10.5 Å². The standard InChI is InChI=1S/C20H19N3O5/c1-13-3-7-15(8-4-13)21-18-17(14-5-9-16(10-6-14)23(26)27)19(24)22(20(18)25)11-12-28-2/h3-10,21H,11-12H2,1-2H3. The van der Waals surface area contributed by atoms with Crippen molar-refractivity contribution in [3.63, 3.8) is 0 Å². The van der Waals surface area contributed by atoms with Gasteiger partial charge in [0.05, 0.1) is 23.6 Å². The normalized spacial score (nSPS) is 14.0. The zero-order valence-corrected chi connectivity index (χ0v) is 15.5. The molecule has 0 saturated heterocycles. The molecule has 8 nitrogen and oxygen atoms in total. The summed E-state index contributed by atoms with van der Waals surface area (Å²) in [4.78, 5) is 37.3. The van der Waals surface area contributed by atoms with Gasteiger partial charge in [-0.25, -0.2) is 0 Å². The van der Waals surface area contributed by atoms with Crippen LogP contribution in [0.5, 0.6) is 0 Å². The van der Waals surface area contributed by atoms with E-state index in [1.165, 1.54) is 31.4 Å². The van der Waals surface area contributed by atoms with Crippen LogP contribution in [0.25, 0.3) is 5.57 Å². The molecule has 0 aliphatic carbocycles. The number of nitrogens with one attached hydrogen (secondary N) is 1. The molecule has 1 aliphatic rings. The Balaban J connectivity index is 2.02. The van der Waals surface area contributed by atoms with Crippen molar-refractivity contribution in [3.8, 4) is 0 Å². The highest BCUT2D eigenvalue weighted by molar-refractivity contribution is 6.36. The molecule has 0 atom stereocenters. The second-order valence-corrected chi connectivity index (χ2v) is 6.30. The molecule has 2 aromatic rings. The Morgan fingerprint density at radius 3 is 2.25 bits per heavy atom. The average molecular weight is 381 g/mol. The summed E-state index contributed by atoms with van der Waals surface area (Å²) in [6.07, 6.45) is 0. The lowest BCUT2D eigenvalue weighted by atomic mass is 10.0. The van der Waals surface area contributed by atoms with Crippen molar-refractivity contribution in [2.45, 2.75) is 6.92 Å². The van der Waals surface area contributed by atoms with Gasteiger partial charge in [-0.2, -0.15) is 0 Å². The zero-order chi connectivity index (χ0) is 20.3. The molecule has 2 amide bonds. The maximum Gasteiger partial charge on any atom is 0.278 e. The quantitative estimate of drug-likeness (QED) is 0.449. The second-order valence-electron chi connectivity index (χ2n) is 6.30. The smallest absolute Gasteiger partial charge is 0.278 e. The summed E-state index contributed by atoms with van der Waals surface area (Å²) in [5, 5.41) is 13.9. The van der Waals surface area contributed by atoms with E-state index in [0.29, 0.717) is 11.3 Å². The van der Waals surface area contributed by atoms with Crippen LogP contribution < -0.4 is 5.32 Å². The van der Waals surface area contributed by atoms with Crippen molar-refractivity contribution < 1.29 is 19.2 Å². The number of hydrogen-bond acceptors (Lipinski definition) is 6. The van der Waals surface area contributed by atoms with Crippen LogP contribution in [-0.2, 0) is 14.3 Å². The fourth-order valence-corrected chi connectivity index (χ4v) is 2.88. The number of benzene rings is 2. The van der Waals surface area contributed by atoms with Gasteiger partial charge in [-0.15, -0.1) is 0 Å². The van der Waals surface area contributed by atoms with Gasteiger partial charge in [0.15, 0.2) is 0 Å². The minimum Gasteiger partial charge on any atom is -0.383 e. The third kappa shape index (κ3) is 3.77. The molecule has 0 bridgehead atoms. The van der Waals surface area contributed by atoms with Gasteiger partial charge in [-0.1, -0.05) is 17.7 Å². The van der Waals surface area contributed by atoms with Gasteiger partial charge in [0.25, 0.3) is 17.5 Å². The predicted molar refractivity (Wildman–Crippen MR) is 103 cm³/mol. The van der Waals surface area contributed by atoms with Crippen LogP contribution in [0.1, 0.15) is 11.1 Å². The van der Waals surface area contributed by atoms with Crippen molar-refractivity contribution in [3.05, 3.63) is 75.5 Å². The van der Waals surface area contributed by atoms with E-state index in [1.807, 2.05) is 31.2 Å². The number of aryl methyl sites for hydroxylation is 1. The number of anilines is 1. The van der Waals surface area contributed by atoms with Crippen molar-refractivity contribution in [1.29, 1.82) is 0 Å². The number of nitro groups is 1. The fraction of sp³-hybridized carbons (Fsp3) is 0.200. The molecule has 0 unspecified atom stereocenters. The van der Waals surface area contributed by atoms with Crippen LogP contribution in [0, 0.1) is 17.0 Å². The lowest BCUT2D eigenvalue weighted by molar-refractivity contribution is -0.384. The maximum absolute atomic E-state index is 12.9. The van der Waals surface area contributed by atoms with E-state index in [9.17, 15) is 19.7 Å². The van der Waals surface area contributed by atoms with Crippen LogP contribution in [0.2, 0.25) is 0 Å². The summed E-state index contributed by atoms with van der Waals surface area (Å²) in [6.45, 7) is 2.27. The molecule has 1 aliphatic heterocycles. The van der Waals surface area contributed by atoms with Gasteiger partial charge >= 0.3 is 0 Å². The van der Waals surface area contributed by atoms with E-state index in [1.54, 1.807) is 0 Å². The molecular formula is C20H19N3O5. The monoisotopic (exact) mass is 381 g/mol. The molecule has 144 valence electrons. The summed E-state index contributed by atoms with van der Waals surface area (Å²) in [5.41, 5.74) is 2.37. The molecular weight excluding hydrogens is 362 g/mol. The highest BCUT2D eigenvalue weighted by atomic mass is 16.6. The number of nitrogens with zero attached hydrogens (tertiary/aromatic N) is 2. The summed E-state index contributed by atoms with van der Waals surface area (Å²) in [7, 11) is 1.49. The summed E-state index contributed by atoms with van der Waals surface area (Å²) >= 11 is 0. The number of imide groups is 1. The molecule has 0 radical (unpaired) electrons. The highest BCUT2D eigenvalue weighted by Gasteiger charge is 2.39. The largest absolute Gasteiger partial charge is 0.383 e. The van der Waals surface area contributed by atoms with Gasteiger partial charge in [-0.3, -0.25) is 24.6 Å². The minimum atomic E-state index is -0.518. The molecule has 28 heavy (non-hydrogen) atoms. The van der Waals surface area contributed by atoms with E-state index in [4.69, 9.17) is 4.74 Å². The molecule has 0 spiro atoms.